The molecule has 0 amide bonds. The molecule has 2 aromatic carbocycles. The quantitative estimate of drug-likeness (QED) is 0.658. The number of aliphatic hydroxyl groups excluding tert-OH is 1. The van der Waals surface area contributed by atoms with Crippen molar-refractivity contribution in [1.29, 1.82) is 0 Å². The first-order chi connectivity index (χ1) is 11.8. The van der Waals surface area contributed by atoms with Crippen LogP contribution in [0.4, 0.5) is 11.4 Å². The predicted octanol–water partition coefficient (Wildman–Crippen LogP) is 2.24. The number of nitro benzene ring substituents is 1. The molecule has 1 heterocycles. The van der Waals surface area contributed by atoms with E-state index < -0.39 is 21.1 Å². The Kier molecular flexibility index (Phi) is 4.36. The normalized spacial score (nSPS) is 17.0. The van der Waals surface area contributed by atoms with Crippen molar-refractivity contribution in [3.8, 4) is 5.75 Å². The third-order valence-electron chi connectivity index (χ3n) is 4.09. The highest BCUT2D eigenvalue weighted by atomic mass is 32.2. The minimum absolute atomic E-state index is 0.0619. The fourth-order valence-electron chi connectivity index (χ4n) is 2.80. The summed E-state index contributed by atoms with van der Waals surface area (Å²) in [6, 6.07) is 9.70. The Balaban J connectivity index is 2.12. The van der Waals surface area contributed by atoms with Crippen LogP contribution in [0.5, 0.6) is 5.75 Å². The van der Waals surface area contributed by atoms with Crippen molar-refractivity contribution in [1.82, 2.24) is 0 Å². The second kappa shape index (κ2) is 6.34. The van der Waals surface area contributed by atoms with E-state index in [1.807, 2.05) is 0 Å². The molecule has 132 valence electrons. The maximum Gasteiger partial charge on any atom is 0.270 e. The second-order valence-electron chi connectivity index (χ2n) is 5.56. The lowest BCUT2D eigenvalue weighted by Gasteiger charge is -2.33. The molecule has 1 aliphatic heterocycles. The number of ether oxygens (including phenoxy) is 1. The molecular weight excluding hydrogens is 348 g/mol. The Hall–Kier alpha value is -2.65. The fraction of sp³-hybridized carbons (Fsp3) is 0.250. The van der Waals surface area contributed by atoms with Gasteiger partial charge in [0, 0.05) is 30.3 Å². The van der Waals surface area contributed by atoms with E-state index in [9.17, 15) is 23.6 Å². The van der Waals surface area contributed by atoms with Gasteiger partial charge in [0.1, 0.15) is 5.75 Å². The Morgan fingerprint density at radius 2 is 2.04 bits per heavy atom. The van der Waals surface area contributed by atoms with Crippen molar-refractivity contribution in [3.05, 3.63) is 58.1 Å². The van der Waals surface area contributed by atoms with Crippen LogP contribution in [-0.4, -0.2) is 32.1 Å². The Morgan fingerprint density at radius 3 is 2.72 bits per heavy atom. The average Bonchev–Trinajstić information content (AvgIpc) is 2.61. The highest BCUT2D eigenvalue weighted by Gasteiger charge is 2.33. The summed E-state index contributed by atoms with van der Waals surface area (Å²) in [7, 11) is -2.56. The number of nitro groups is 1. The van der Waals surface area contributed by atoms with E-state index in [4.69, 9.17) is 4.74 Å². The number of hydrogen-bond acceptors (Lipinski definition) is 6. The van der Waals surface area contributed by atoms with E-state index in [2.05, 4.69) is 0 Å². The lowest BCUT2D eigenvalue weighted by Crippen LogP contribution is -2.36. The number of anilines is 1. The van der Waals surface area contributed by atoms with Crippen molar-refractivity contribution in [2.75, 3.05) is 18.0 Å². The van der Waals surface area contributed by atoms with Crippen LogP contribution in [0.25, 0.3) is 0 Å². The zero-order valence-electron chi connectivity index (χ0n) is 13.3. The SMILES string of the molecule is COc1ccc2c(c1)N(S(=O)(=O)c1cccc([N+](=O)[O-])c1)CCC2O. The van der Waals surface area contributed by atoms with Crippen LogP contribution in [-0.2, 0) is 10.0 Å². The molecule has 0 radical (unpaired) electrons. The zero-order valence-corrected chi connectivity index (χ0v) is 14.1. The van der Waals surface area contributed by atoms with Gasteiger partial charge >= 0.3 is 0 Å². The maximum absolute atomic E-state index is 13.0. The molecule has 3 rings (SSSR count). The first-order valence-corrected chi connectivity index (χ1v) is 8.92. The molecule has 8 nitrogen and oxygen atoms in total. The monoisotopic (exact) mass is 364 g/mol. The lowest BCUT2D eigenvalue weighted by atomic mass is 10.0. The third-order valence-corrected chi connectivity index (χ3v) is 5.90. The Labute approximate surface area is 144 Å². The lowest BCUT2D eigenvalue weighted by molar-refractivity contribution is -0.385. The molecule has 1 aliphatic rings. The van der Waals surface area contributed by atoms with Crippen LogP contribution in [0, 0.1) is 10.1 Å². The summed E-state index contributed by atoms with van der Waals surface area (Å²) < 4.78 is 32.3. The van der Waals surface area contributed by atoms with Crippen LogP contribution in [0.1, 0.15) is 18.1 Å². The molecular formula is C16H16N2O6S. The molecule has 9 heteroatoms. The summed E-state index contributed by atoms with van der Waals surface area (Å²) in [6.45, 7) is 0.0619. The summed E-state index contributed by atoms with van der Waals surface area (Å²) in [5, 5.41) is 21.1. The molecule has 0 bridgehead atoms. The Morgan fingerprint density at radius 1 is 1.28 bits per heavy atom. The number of non-ortho nitro benzene ring substituents is 1. The van der Waals surface area contributed by atoms with Crippen LogP contribution in [0.15, 0.2) is 47.4 Å². The van der Waals surface area contributed by atoms with Crippen LogP contribution < -0.4 is 9.04 Å². The molecule has 0 saturated carbocycles. The third kappa shape index (κ3) is 3.03. The van der Waals surface area contributed by atoms with Gasteiger partial charge in [-0.05, 0) is 18.6 Å². The number of aliphatic hydroxyl groups is 1. The van der Waals surface area contributed by atoms with Crippen molar-refractivity contribution >= 4 is 21.4 Å². The van der Waals surface area contributed by atoms with E-state index >= 15 is 0 Å². The van der Waals surface area contributed by atoms with Gasteiger partial charge in [-0.2, -0.15) is 0 Å². The summed E-state index contributed by atoms with van der Waals surface area (Å²) in [5.41, 5.74) is 0.481. The van der Waals surface area contributed by atoms with Crippen LogP contribution in [0.3, 0.4) is 0 Å². The van der Waals surface area contributed by atoms with E-state index in [1.54, 1.807) is 12.1 Å². The van der Waals surface area contributed by atoms with Gasteiger partial charge < -0.3 is 9.84 Å². The standard InChI is InChI=1S/C16H16N2O6S/c1-24-12-5-6-14-15(10-12)17(8-7-16(14)19)25(22,23)13-4-2-3-11(9-13)18(20)21/h2-6,9-10,16,19H,7-8H2,1H3. The molecule has 0 fully saturated rings. The predicted molar refractivity (Wildman–Crippen MR) is 90.2 cm³/mol. The molecule has 25 heavy (non-hydrogen) atoms. The molecule has 0 saturated heterocycles. The summed E-state index contributed by atoms with van der Waals surface area (Å²) in [4.78, 5) is 10.1. The number of methoxy groups -OCH3 is 1. The fourth-order valence-corrected chi connectivity index (χ4v) is 4.34. The minimum Gasteiger partial charge on any atom is -0.497 e. The van der Waals surface area contributed by atoms with Gasteiger partial charge in [-0.25, -0.2) is 8.42 Å². The van der Waals surface area contributed by atoms with Gasteiger partial charge in [0.25, 0.3) is 15.7 Å². The molecule has 0 spiro atoms. The largest absolute Gasteiger partial charge is 0.497 e. The minimum atomic E-state index is -4.02. The van der Waals surface area contributed by atoms with Gasteiger partial charge in [-0.15, -0.1) is 0 Å². The van der Waals surface area contributed by atoms with Gasteiger partial charge in [-0.3, -0.25) is 14.4 Å². The van der Waals surface area contributed by atoms with E-state index in [1.165, 1.54) is 31.4 Å². The smallest absolute Gasteiger partial charge is 0.270 e. The summed E-state index contributed by atoms with van der Waals surface area (Å²) >= 11 is 0. The number of fused-ring (bicyclic) bond motifs is 1. The van der Waals surface area contributed by atoms with Gasteiger partial charge in [0.05, 0.1) is 28.7 Å². The van der Waals surface area contributed by atoms with Crippen molar-refractivity contribution < 1.29 is 23.2 Å². The van der Waals surface area contributed by atoms with Crippen LogP contribution >= 0.6 is 0 Å². The number of sulfonamides is 1. The molecule has 1 N–H and O–H groups in total. The number of hydrogen-bond donors (Lipinski definition) is 1. The molecule has 0 aliphatic carbocycles. The number of rotatable bonds is 4. The zero-order chi connectivity index (χ0) is 18.2. The highest BCUT2D eigenvalue weighted by Crippen LogP contribution is 2.39. The second-order valence-corrected chi connectivity index (χ2v) is 7.42. The maximum atomic E-state index is 13.0. The molecule has 1 atom stereocenters. The van der Waals surface area contributed by atoms with E-state index in [0.29, 0.717) is 17.0 Å². The topological polar surface area (TPSA) is 110 Å². The summed E-state index contributed by atoms with van der Waals surface area (Å²) in [5.74, 6) is 0.451. The van der Waals surface area contributed by atoms with Gasteiger partial charge in [0.15, 0.2) is 0 Å². The van der Waals surface area contributed by atoms with Crippen molar-refractivity contribution in [3.63, 3.8) is 0 Å². The first-order valence-electron chi connectivity index (χ1n) is 7.48. The molecule has 1 unspecified atom stereocenters. The first kappa shape index (κ1) is 17.2. The van der Waals surface area contributed by atoms with Crippen LogP contribution in [0.2, 0.25) is 0 Å². The van der Waals surface area contributed by atoms with Crippen molar-refractivity contribution in [2.24, 2.45) is 0 Å². The van der Waals surface area contributed by atoms with Gasteiger partial charge in [-0.1, -0.05) is 12.1 Å². The van der Waals surface area contributed by atoms with E-state index in [0.717, 1.165) is 10.4 Å². The molecule has 2 aromatic rings. The van der Waals surface area contributed by atoms with E-state index in [-0.39, 0.29) is 23.5 Å². The Bertz CT molecular complexity index is 928. The highest BCUT2D eigenvalue weighted by molar-refractivity contribution is 7.92. The summed E-state index contributed by atoms with van der Waals surface area (Å²) in [6.07, 6.45) is -0.550. The van der Waals surface area contributed by atoms with Gasteiger partial charge in [0.2, 0.25) is 0 Å². The number of benzene rings is 2. The molecule has 0 aromatic heterocycles. The average molecular weight is 364 g/mol. The number of nitrogens with zero attached hydrogens (tertiary/aromatic N) is 2. The van der Waals surface area contributed by atoms with Crippen molar-refractivity contribution in [2.45, 2.75) is 17.4 Å².